The number of ether oxygens (including phenoxy) is 1. The summed E-state index contributed by atoms with van der Waals surface area (Å²) in [5, 5.41) is 8.76. The number of piperidine rings is 1. The summed E-state index contributed by atoms with van der Waals surface area (Å²) in [6.45, 7) is 3.95. The Morgan fingerprint density at radius 1 is 1.26 bits per heavy atom. The number of carboxylic acid groups (broad SMARTS) is 1. The molecule has 0 radical (unpaired) electrons. The smallest absolute Gasteiger partial charge is 0.307 e. The number of carbonyl (C=O) groups is 1. The highest BCUT2D eigenvalue weighted by molar-refractivity contribution is 5.70. The molecule has 0 bridgehead atoms. The van der Waals surface area contributed by atoms with Crippen LogP contribution in [0.3, 0.4) is 0 Å². The summed E-state index contributed by atoms with van der Waals surface area (Å²) in [6.07, 6.45) is 3.96. The minimum absolute atomic E-state index is 0.0450. The lowest BCUT2D eigenvalue weighted by Crippen LogP contribution is -2.33. The first-order chi connectivity index (χ1) is 9.24. The first-order valence-corrected chi connectivity index (χ1v) is 6.90. The van der Waals surface area contributed by atoms with E-state index in [1.165, 1.54) is 32.4 Å². The van der Waals surface area contributed by atoms with E-state index in [9.17, 15) is 4.79 Å². The summed E-state index contributed by atoms with van der Waals surface area (Å²) in [7, 11) is 0. The molecule has 1 saturated heterocycles. The van der Waals surface area contributed by atoms with Crippen LogP contribution in [0.1, 0.15) is 24.8 Å². The van der Waals surface area contributed by atoms with Crippen molar-refractivity contribution in [1.29, 1.82) is 0 Å². The van der Waals surface area contributed by atoms with Gasteiger partial charge in [0, 0.05) is 6.54 Å². The Morgan fingerprint density at radius 3 is 2.79 bits per heavy atom. The first kappa shape index (κ1) is 13.9. The molecule has 1 heterocycles. The molecule has 1 aromatic carbocycles. The average Bonchev–Trinajstić information content (AvgIpc) is 2.40. The lowest BCUT2D eigenvalue weighted by molar-refractivity contribution is -0.136. The molecule has 19 heavy (non-hydrogen) atoms. The molecule has 4 heteroatoms. The molecular formula is C15H21NO3. The summed E-state index contributed by atoms with van der Waals surface area (Å²) in [5.41, 5.74) is 0.781. The lowest BCUT2D eigenvalue weighted by Gasteiger charge is -2.26. The summed E-state index contributed by atoms with van der Waals surface area (Å²) in [6, 6.07) is 7.34. The zero-order valence-corrected chi connectivity index (χ0v) is 11.2. The highest BCUT2D eigenvalue weighted by Gasteiger charge is 2.09. The van der Waals surface area contributed by atoms with E-state index in [4.69, 9.17) is 9.84 Å². The highest BCUT2D eigenvalue weighted by Crippen LogP contribution is 2.14. The van der Waals surface area contributed by atoms with Crippen molar-refractivity contribution >= 4 is 5.97 Å². The predicted molar refractivity (Wildman–Crippen MR) is 73.6 cm³/mol. The molecular weight excluding hydrogens is 242 g/mol. The number of rotatable bonds is 6. The van der Waals surface area contributed by atoms with Crippen LogP contribution >= 0.6 is 0 Å². The monoisotopic (exact) mass is 263 g/mol. The fourth-order valence-electron chi connectivity index (χ4n) is 2.40. The molecule has 4 nitrogen and oxygen atoms in total. The van der Waals surface area contributed by atoms with Crippen LogP contribution in [0, 0.1) is 0 Å². The van der Waals surface area contributed by atoms with E-state index >= 15 is 0 Å². The molecule has 0 atom stereocenters. The van der Waals surface area contributed by atoms with Gasteiger partial charge in [-0.15, -0.1) is 0 Å². The number of hydrogen-bond acceptors (Lipinski definition) is 3. The van der Waals surface area contributed by atoms with Crippen LogP contribution < -0.4 is 4.74 Å². The summed E-state index contributed by atoms with van der Waals surface area (Å²) < 4.78 is 5.70. The molecule has 0 spiro atoms. The zero-order valence-electron chi connectivity index (χ0n) is 11.2. The number of nitrogens with zero attached hydrogens (tertiary/aromatic N) is 1. The van der Waals surface area contributed by atoms with Gasteiger partial charge in [-0.1, -0.05) is 18.6 Å². The van der Waals surface area contributed by atoms with Crippen molar-refractivity contribution in [3.05, 3.63) is 29.8 Å². The average molecular weight is 263 g/mol. The minimum atomic E-state index is -0.814. The van der Waals surface area contributed by atoms with E-state index in [-0.39, 0.29) is 6.42 Å². The van der Waals surface area contributed by atoms with Crippen LogP contribution in [0.15, 0.2) is 24.3 Å². The third kappa shape index (κ3) is 4.91. The molecule has 0 aliphatic carbocycles. The molecule has 0 saturated carbocycles. The van der Waals surface area contributed by atoms with Crippen molar-refractivity contribution in [2.45, 2.75) is 25.7 Å². The van der Waals surface area contributed by atoms with Crippen molar-refractivity contribution < 1.29 is 14.6 Å². The van der Waals surface area contributed by atoms with Gasteiger partial charge in [-0.3, -0.25) is 9.69 Å². The Bertz CT molecular complexity index is 414. The first-order valence-electron chi connectivity index (χ1n) is 6.90. The van der Waals surface area contributed by atoms with Crippen molar-refractivity contribution in [2.75, 3.05) is 26.2 Å². The molecule has 0 unspecified atom stereocenters. The fraction of sp³-hybridized carbons (Fsp3) is 0.533. The SMILES string of the molecule is O=C(O)Cc1cccc(OCCN2CCCCC2)c1. The van der Waals surface area contributed by atoms with E-state index in [1.54, 1.807) is 0 Å². The predicted octanol–water partition coefficient (Wildman–Crippen LogP) is 2.18. The standard InChI is InChI=1S/C15H21NO3/c17-15(18)12-13-5-4-6-14(11-13)19-10-9-16-7-2-1-3-8-16/h4-6,11H,1-3,7-10,12H2,(H,17,18). The maximum absolute atomic E-state index is 10.7. The number of likely N-dealkylation sites (tertiary alicyclic amines) is 1. The molecule has 2 rings (SSSR count). The number of carboxylic acids is 1. The van der Waals surface area contributed by atoms with Crippen molar-refractivity contribution in [3.8, 4) is 5.75 Å². The Balaban J connectivity index is 1.77. The van der Waals surface area contributed by atoms with E-state index in [0.717, 1.165) is 17.9 Å². The Kier molecular flexibility index (Phi) is 5.21. The Morgan fingerprint density at radius 2 is 2.05 bits per heavy atom. The van der Waals surface area contributed by atoms with Crippen molar-refractivity contribution in [2.24, 2.45) is 0 Å². The summed E-state index contributed by atoms with van der Waals surface area (Å²) in [4.78, 5) is 13.1. The number of aliphatic carboxylic acids is 1. The van der Waals surface area contributed by atoms with E-state index in [0.29, 0.717) is 6.61 Å². The highest BCUT2D eigenvalue weighted by atomic mass is 16.5. The fourth-order valence-corrected chi connectivity index (χ4v) is 2.40. The maximum atomic E-state index is 10.7. The number of hydrogen-bond donors (Lipinski definition) is 1. The van der Waals surface area contributed by atoms with Gasteiger partial charge in [0.1, 0.15) is 12.4 Å². The van der Waals surface area contributed by atoms with E-state index in [2.05, 4.69) is 4.90 Å². The third-order valence-electron chi connectivity index (χ3n) is 3.38. The van der Waals surface area contributed by atoms with Gasteiger partial charge in [0.25, 0.3) is 0 Å². The molecule has 104 valence electrons. The molecule has 0 amide bonds. The van der Waals surface area contributed by atoms with Crippen LogP contribution in [0.25, 0.3) is 0 Å². The van der Waals surface area contributed by atoms with Crippen LogP contribution in [0.4, 0.5) is 0 Å². The van der Waals surface area contributed by atoms with Gasteiger partial charge < -0.3 is 9.84 Å². The molecule has 1 N–H and O–H groups in total. The van der Waals surface area contributed by atoms with Crippen LogP contribution in [-0.4, -0.2) is 42.2 Å². The lowest BCUT2D eigenvalue weighted by atomic mass is 10.1. The van der Waals surface area contributed by atoms with Gasteiger partial charge in [0.15, 0.2) is 0 Å². The van der Waals surface area contributed by atoms with Crippen molar-refractivity contribution in [3.63, 3.8) is 0 Å². The van der Waals surface area contributed by atoms with E-state index in [1.807, 2.05) is 24.3 Å². The molecule has 1 aromatic rings. The largest absolute Gasteiger partial charge is 0.492 e. The van der Waals surface area contributed by atoms with Gasteiger partial charge >= 0.3 is 5.97 Å². The van der Waals surface area contributed by atoms with Gasteiger partial charge in [-0.25, -0.2) is 0 Å². The molecule has 1 fully saturated rings. The quantitative estimate of drug-likeness (QED) is 0.854. The third-order valence-corrected chi connectivity index (χ3v) is 3.38. The molecule has 1 aliphatic rings. The van der Waals surface area contributed by atoms with Crippen molar-refractivity contribution in [1.82, 2.24) is 4.90 Å². The second-order valence-electron chi connectivity index (χ2n) is 4.97. The van der Waals surface area contributed by atoms with Gasteiger partial charge in [-0.05, 0) is 43.6 Å². The van der Waals surface area contributed by atoms with Crippen LogP contribution in [0.5, 0.6) is 5.75 Å². The number of benzene rings is 1. The summed E-state index contributed by atoms with van der Waals surface area (Å²) in [5.74, 6) is -0.0544. The second kappa shape index (κ2) is 7.14. The zero-order chi connectivity index (χ0) is 13.5. The van der Waals surface area contributed by atoms with Crippen LogP contribution in [-0.2, 0) is 11.2 Å². The Labute approximate surface area is 114 Å². The Hall–Kier alpha value is -1.55. The second-order valence-corrected chi connectivity index (χ2v) is 4.97. The topological polar surface area (TPSA) is 49.8 Å². The summed E-state index contributed by atoms with van der Waals surface area (Å²) >= 11 is 0. The normalized spacial score (nSPS) is 16.2. The van der Waals surface area contributed by atoms with Gasteiger partial charge in [-0.2, -0.15) is 0 Å². The maximum Gasteiger partial charge on any atom is 0.307 e. The molecule has 0 aromatic heterocycles. The minimum Gasteiger partial charge on any atom is -0.492 e. The van der Waals surface area contributed by atoms with Gasteiger partial charge in [0.2, 0.25) is 0 Å². The van der Waals surface area contributed by atoms with Gasteiger partial charge in [0.05, 0.1) is 6.42 Å². The molecule has 1 aliphatic heterocycles. The van der Waals surface area contributed by atoms with E-state index < -0.39 is 5.97 Å². The van der Waals surface area contributed by atoms with Crippen LogP contribution in [0.2, 0.25) is 0 Å².